The molecule has 0 atom stereocenters. The Kier molecular flexibility index (Phi) is 4.77. The Labute approximate surface area is 227 Å². The Bertz CT molecular complexity index is 2070. The van der Waals surface area contributed by atoms with Gasteiger partial charge in [0.05, 0.1) is 16.7 Å². The molecule has 6 aromatic carbocycles. The lowest BCUT2D eigenvalue weighted by molar-refractivity contribution is 0.879. The summed E-state index contributed by atoms with van der Waals surface area (Å²) in [4.78, 5) is 0. The Morgan fingerprint density at radius 3 is 1.36 bits per heavy atom. The average Bonchev–Trinajstić information content (AvgIpc) is 3.53. The zero-order chi connectivity index (χ0) is 25.9. The van der Waals surface area contributed by atoms with E-state index in [2.05, 4.69) is 156 Å². The van der Waals surface area contributed by atoms with Crippen LogP contribution in [0, 0.1) is 0 Å². The van der Waals surface area contributed by atoms with E-state index >= 15 is 0 Å². The molecule has 184 valence electrons. The van der Waals surface area contributed by atoms with Gasteiger partial charge in [0.2, 0.25) is 0 Å². The van der Waals surface area contributed by atoms with Gasteiger partial charge in [-0.1, -0.05) is 115 Å². The molecule has 0 aliphatic rings. The molecule has 8 rings (SSSR count). The first-order valence-corrected chi connectivity index (χ1v) is 13.4. The monoisotopic (exact) mass is 498 g/mol. The van der Waals surface area contributed by atoms with Gasteiger partial charge < -0.3 is 4.57 Å². The molecule has 8 aromatic rings. The number of hydrogen-bond donors (Lipinski definition) is 0. The minimum atomic E-state index is 1.16. The first kappa shape index (κ1) is 22.0. The second-order valence-electron chi connectivity index (χ2n) is 10.2. The molecular weight excluding hydrogens is 472 g/mol. The summed E-state index contributed by atoms with van der Waals surface area (Å²) in [6.07, 6.45) is 0. The zero-order valence-electron chi connectivity index (χ0n) is 21.7. The molecule has 0 aliphatic carbocycles. The summed E-state index contributed by atoms with van der Waals surface area (Å²) < 4.78 is 4.76. The summed E-state index contributed by atoms with van der Waals surface area (Å²) in [6, 6.07) is 50.5. The van der Waals surface area contributed by atoms with Crippen molar-refractivity contribution in [1.29, 1.82) is 0 Å². The van der Waals surface area contributed by atoms with Crippen LogP contribution in [0.5, 0.6) is 0 Å². The minimum Gasteiger partial charge on any atom is -0.330 e. The summed E-state index contributed by atoms with van der Waals surface area (Å²) in [5.41, 5.74) is 7.46. The van der Waals surface area contributed by atoms with E-state index in [9.17, 15) is 0 Å². The van der Waals surface area contributed by atoms with E-state index in [-0.39, 0.29) is 0 Å². The molecule has 39 heavy (non-hydrogen) atoms. The fourth-order valence-electron chi connectivity index (χ4n) is 6.47. The van der Waals surface area contributed by atoms with E-state index in [0.717, 1.165) is 5.82 Å². The van der Waals surface area contributed by atoms with Gasteiger partial charge >= 0.3 is 0 Å². The van der Waals surface area contributed by atoms with Gasteiger partial charge in [0.25, 0.3) is 0 Å². The van der Waals surface area contributed by atoms with Gasteiger partial charge in [-0.2, -0.15) is 0 Å². The largest absolute Gasteiger partial charge is 0.330 e. The molecule has 0 radical (unpaired) electrons. The first-order chi connectivity index (χ1) is 19.3. The second kappa shape index (κ2) is 8.47. The van der Waals surface area contributed by atoms with E-state index < -0.39 is 0 Å². The highest BCUT2D eigenvalue weighted by atomic mass is 15.1. The third-order valence-electron chi connectivity index (χ3n) is 8.15. The SMILES string of the molecule is Cn1c(-c2c3ccccc3c(-c3ccccc3)c3ccccc23)ccc1-n1c2ccccc2c2ccccc21. The lowest BCUT2D eigenvalue weighted by atomic mass is 9.87. The number of nitrogens with zero attached hydrogens (tertiary/aromatic N) is 2. The van der Waals surface area contributed by atoms with Gasteiger partial charge in [-0.25, -0.2) is 0 Å². The quantitative estimate of drug-likeness (QED) is 0.215. The number of rotatable bonds is 3. The molecule has 0 spiro atoms. The zero-order valence-corrected chi connectivity index (χ0v) is 21.7. The molecule has 0 aliphatic heterocycles. The van der Waals surface area contributed by atoms with Crippen LogP contribution in [0.25, 0.3) is 71.6 Å². The Hall–Kier alpha value is -5.08. The predicted octanol–water partition coefficient (Wildman–Crippen LogP) is 9.76. The van der Waals surface area contributed by atoms with E-state index in [4.69, 9.17) is 0 Å². The molecule has 2 aromatic heterocycles. The number of aromatic nitrogens is 2. The molecule has 0 fully saturated rings. The Morgan fingerprint density at radius 2 is 0.821 bits per heavy atom. The molecule has 0 saturated heterocycles. The van der Waals surface area contributed by atoms with Crippen molar-refractivity contribution in [3.63, 3.8) is 0 Å². The number of hydrogen-bond acceptors (Lipinski definition) is 0. The Balaban J connectivity index is 1.46. The molecule has 2 nitrogen and oxygen atoms in total. The fraction of sp³-hybridized carbons (Fsp3) is 0.0270. The second-order valence-corrected chi connectivity index (χ2v) is 10.2. The van der Waals surface area contributed by atoms with E-state index in [1.165, 1.54) is 65.7 Å². The molecule has 0 unspecified atom stereocenters. The van der Waals surface area contributed by atoms with Gasteiger partial charge in [0.15, 0.2) is 0 Å². The van der Waals surface area contributed by atoms with Crippen molar-refractivity contribution in [3.05, 3.63) is 140 Å². The molecule has 0 amide bonds. The number of para-hydroxylation sites is 2. The van der Waals surface area contributed by atoms with Gasteiger partial charge in [0.1, 0.15) is 5.82 Å². The van der Waals surface area contributed by atoms with Crippen molar-refractivity contribution in [2.75, 3.05) is 0 Å². The fourth-order valence-corrected chi connectivity index (χ4v) is 6.47. The van der Waals surface area contributed by atoms with E-state index in [0.29, 0.717) is 0 Å². The highest BCUT2D eigenvalue weighted by Crippen LogP contribution is 2.44. The van der Waals surface area contributed by atoms with Crippen LogP contribution in [0.2, 0.25) is 0 Å². The molecule has 0 bridgehead atoms. The van der Waals surface area contributed by atoms with Crippen molar-refractivity contribution in [2.24, 2.45) is 7.05 Å². The maximum atomic E-state index is 2.40. The molecule has 0 N–H and O–H groups in total. The van der Waals surface area contributed by atoms with Crippen LogP contribution in [0.15, 0.2) is 140 Å². The summed E-state index contributed by atoms with van der Waals surface area (Å²) in [6.45, 7) is 0. The van der Waals surface area contributed by atoms with Gasteiger partial charge in [-0.15, -0.1) is 0 Å². The van der Waals surface area contributed by atoms with Gasteiger partial charge in [-0.3, -0.25) is 4.57 Å². The van der Waals surface area contributed by atoms with Crippen LogP contribution in [0.4, 0.5) is 0 Å². The summed E-state index contributed by atoms with van der Waals surface area (Å²) in [5, 5.41) is 7.64. The number of fused-ring (bicyclic) bond motifs is 5. The average molecular weight is 499 g/mol. The summed E-state index contributed by atoms with van der Waals surface area (Å²) >= 11 is 0. The third kappa shape index (κ3) is 3.15. The lowest BCUT2D eigenvalue weighted by Gasteiger charge is -2.18. The van der Waals surface area contributed by atoms with E-state index in [1.807, 2.05) is 0 Å². The van der Waals surface area contributed by atoms with Crippen LogP contribution < -0.4 is 0 Å². The third-order valence-corrected chi connectivity index (χ3v) is 8.15. The van der Waals surface area contributed by atoms with Crippen molar-refractivity contribution in [1.82, 2.24) is 9.13 Å². The smallest absolute Gasteiger partial charge is 0.117 e. The maximum Gasteiger partial charge on any atom is 0.117 e. The lowest BCUT2D eigenvalue weighted by Crippen LogP contribution is -2.03. The van der Waals surface area contributed by atoms with Crippen molar-refractivity contribution < 1.29 is 0 Å². The molecular formula is C37H26N2. The highest BCUT2D eigenvalue weighted by molar-refractivity contribution is 6.21. The summed E-state index contributed by atoms with van der Waals surface area (Å²) in [7, 11) is 2.20. The summed E-state index contributed by atoms with van der Waals surface area (Å²) in [5.74, 6) is 1.16. The first-order valence-electron chi connectivity index (χ1n) is 13.4. The molecule has 0 saturated carbocycles. The standard InChI is InChI=1S/C37H26N2/c1-38-34(23-24-35(38)39-32-21-11-9-15-26(32)27-16-10-12-22-33(27)39)37-30-19-7-5-17-28(30)36(25-13-3-2-4-14-25)29-18-6-8-20-31(29)37/h2-24H,1H3. The topological polar surface area (TPSA) is 9.86 Å². The van der Waals surface area contributed by atoms with Crippen LogP contribution >= 0.6 is 0 Å². The van der Waals surface area contributed by atoms with Crippen LogP contribution in [0.1, 0.15) is 0 Å². The Morgan fingerprint density at radius 1 is 0.385 bits per heavy atom. The van der Waals surface area contributed by atoms with Gasteiger partial charge in [0, 0.05) is 23.4 Å². The van der Waals surface area contributed by atoms with Crippen molar-refractivity contribution in [3.8, 4) is 28.2 Å². The predicted molar refractivity (Wildman–Crippen MR) is 166 cm³/mol. The maximum absolute atomic E-state index is 2.40. The van der Waals surface area contributed by atoms with E-state index in [1.54, 1.807) is 0 Å². The molecule has 2 heterocycles. The minimum absolute atomic E-state index is 1.16. The number of benzene rings is 6. The van der Waals surface area contributed by atoms with Crippen molar-refractivity contribution >= 4 is 43.4 Å². The van der Waals surface area contributed by atoms with Crippen molar-refractivity contribution in [2.45, 2.75) is 0 Å². The van der Waals surface area contributed by atoms with Crippen LogP contribution in [-0.2, 0) is 7.05 Å². The normalized spacial score (nSPS) is 11.7. The van der Waals surface area contributed by atoms with Gasteiger partial charge in [-0.05, 0) is 56.9 Å². The van der Waals surface area contributed by atoms with Crippen LogP contribution in [0.3, 0.4) is 0 Å². The molecule has 2 heteroatoms. The highest BCUT2D eigenvalue weighted by Gasteiger charge is 2.20. The van der Waals surface area contributed by atoms with Crippen LogP contribution in [-0.4, -0.2) is 9.13 Å².